The summed E-state index contributed by atoms with van der Waals surface area (Å²) < 4.78 is 0. The average Bonchev–Trinajstić information content (AvgIpc) is 2.54. The van der Waals surface area contributed by atoms with Gasteiger partial charge in [-0.3, -0.25) is 4.79 Å². The second-order valence-corrected chi connectivity index (χ2v) is 7.53. The van der Waals surface area contributed by atoms with Gasteiger partial charge in [0.25, 0.3) is 0 Å². The van der Waals surface area contributed by atoms with Crippen LogP contribution in [0, 0.1) is 5.92 Å². The Morgan fingerprint density at radius 3 is 2.25 bits per heavy atom. The zero-order valence-corrected chi connectivity index (χ0v) is 16.0. The van der Waals surface area contributed by atoms with Crippen LogP contribution in [0.3, 0.4) is 0 Å². The number of hydrogen-bond donors (Lipinski definition) is 1. The summed E-state index contributed by atoms with van der Waals surface area (Å²) >= 11 is 5.40. The SMILES string of the molecule is CC(C)Cc1ccc(C(C)C(=O)NC(=S)N2CCN(C)CC2)cc1. The van der Waals surface area contributed by atoms with Gasteiger partial charge in [-0.15, -0.1) is 0 Å². The van der Waals surface area contributed by atoms with Gasteiger partial charge in [0.15, 0.2) is 5.11 Å². The van der Waals surface area contributed by atoms with Crippen LogP contribution in [0.25, 0.3) is 0 Å². The minimum absolute atomic E-state index is 0.0319. The number of carbonyl (C=O) groups excluding carboxylic acids is 1. The highest BCUT2D eigenvalue weighted by Crippen LogP contribution is 2.18. The molecule has 0 aliphatic carbocycles. The number of nitrogens with one attached hydrogen (secondary N) is 1. The number of rotatable bonds is 4. The van der Waals surface area contributed by atoms with E-state index in [2.05, 4.69) is 60.3 Å². The van der Waals surface area contributed by atoms with Crippen LogP contribution in [0.4, 0.5) is 0 Å². The standard InChI is InChI=1S/C19H29N3OS/c1-14(2)13-16-5-7-17(8-6-16)15(3)18(23)20-19(24)22-11-9-21(4)10-12-22/h5-8,14-15H,9-13H2,1-4H3,(H,20,23,24). The van der Waals surface area contributed by atoms with Crippen molar-refractivity contribution in [3.8, 4) is 0 Å². The van der Waals surface area contributed by atoms with E-state index in [0.29, 0.717) is 11.0 Å². The predicted molar refractivity (Wildman–Crippen MR) is 103 cm³/mol. The molecular weight excluding hydrogens is 318 g/mol. The van der Waals surface area contributed by atoms with E-state index in [4.69, 9.17) is 12.2 Å². The highest BCUT2D eigenvalue weighted by Gasteiger charge is 2.21. The van der Waals surface area contributed by atoms with Crippen LogP contribution in [0.2, 0.25) is 0 Å². The van der Waals surface area contributed by atoms with Crippen molar-refractivity contribution in [3.05, 3.63) is 35.4 Å². The number of piperazine rings is 1. The fourth-order valence-corrected chi connectivity index (χ4v) is 3.15. The van der Waals surface area contributed by atoms with Crippen molar-refractivity contribution in [1.82, 2.24) is 15.1 Å². The number of amides is 1. The van der Waals surface area contributed by atoms with Crippen LogP contribution in [0.5, 0.6) is 0 Å². The Labute approximate surface area is 151 Å². The first kappa shape index (κ1) is 18.9. The lowest BCUT2D eigenvalue weighted by molar-refractivity contribution is -0.120. The topological polar surface area (TPSA) is 35.6 Å². The molecule has 1 heterocycles. The second-order valence-electron chi connectivity index (χ2n) is 7.15. The van der Waals surface area contributed by atoms with Crippen LogP contribution in [0.15, 0.2) is 24.3 Å². The molecule has 1 aromatic carbocycles. The van der Waals surface area contributed by atoms with Gasteiger partial charge in [-0.2, -0.15) is 0 Å². The van der Waals surface area contributed by atoms with E-state index in [1.54, 1.807) is 0 Å². The Hall–Kier alpha value is -1.46. The number of carbonyl (C=O) groups is 1. The summed E-state index contributed by atoms with van der Waals surface area (Å²) in [6.07, 6.45) is 1.06. The number of thiocarbonyl (C=S) groups is 1. The van der Waals surface area contributed by atoms with E-state index in [0.717, 1.165) is 38.2 Å². The van der Waals surface area contributed by atoms with Gasteiger partial charge in [-0.1, -0.05) is 38.1 Å². The Kier molecular flexibility index (Phi) is 6.75. The van der Waals surface area contributed by atoms with Crippen molar-refractivity contribution < 1.29 is 4.79 Å². The summed E-state index contributed by atoms with van der Waals surface area (Å²) in [6.45, 7) is 10.0. The molecule has 1 N–H and O–H groups in total. The summed E-state index contributed by atoms with van der Waals surface area (Å²) in [6, 6.07) is 8.36. The first-order chi connectivity index (χ1) is 11.4. The van der Waals surface area contributed by atoms with Crippen molar-refractivity contribution in [3.63, 3.8) is 0 Å². The zero-order chi connectivity index (χ0) is 17.7. The predicted octanol–water partition coefficient (Wildman–Crippen LogP) is 2.64. The lowest BCUT2D eigenvalue weighted by atomic mass is 9.96. The minimum atomic E-state index is -0.205. The maximum Gasteiger partial charge on any atom is 0.233 e. The van der Waals surface area contributed by atoms with E-state index >= 15 is 0 Å². The van der Waals surface area contributed by atoms with Crippen molar-refractivity contribution >= 4 is 23.2 Å². The van der Waals surface area contributed by atoms with Gasteiger partial charge in [0.05, 0.1) is 5.92 Å². The molecule has 132 valence electrons. The smallest absolute Gasteiger partial charge is 0.233 e. The summed E-state index contributed by atoms with van der Waals surface area (Å²) in [5.74, 6) is 0.400. The van der Waals surface area contributed by atoms with Crippen molar-refractivity contribution in [1.29, 1.82) is 0 Å². The number of hydrogen-bond acceptors (Lipinski definition) is 3. The highest BCUT2D eigenvalue weighted by atomic mass is 32.1. The van der Waals surface area contributed by atoms with Crippen LogP contribution in [-0.4, -0.2) is 54.0 Å². The normalized spacial score (nSPS) is 17.0. The highest BCUT2D eigenvalue weighted by molar-refractivity contribution is 7.80. The van der Waals surface area contributed by atoms with Gasteiger partial charge in [0.1, 0.15) is 0 Å². The fourth-order valence-electron chi connectivity index (χ4n) is 2.87. The molecule has 1 fully saturated rings. The summed E-state index contributed by atoms with van der Waals surface area (Å²) in [5.41, 5.74) is 2.34. The van der Waals surface area contributed by atoms with Gasteiger partial charge in [0, 0.05) is 26.2 Å². The van der Waals surface area contributed by atoms with Gasteiger partial charge >= 0.3 is 0 Å². The van der Waals surface area contributed by atoms with E-state index in [9.17, 15) is 4.79 Å². The Morgan fingerprint density at radius 1 is 1.12 bits per heavy atom. The molecule has 0 saturated carbocycles. The van der Waals surface area contributed by atoms with E-state index in [1.807, 2.05) is 6.92 Å². The molecule has 1 saturated heterocycles. The summed E-state index contributed by atoms with van der Waals surface area (Å²) in [4.78, 5) is 16.8. The van der Waals surface area contributed by atoms with Crippen LogP contribution >= 0.6 is 12.2 Å². The zero-order valence-electron chi connectivity index (χ0n) is 15.2. The van der Waals surface area contributed by atoms with Gasteiger partial charge in [-0.25, -0.2) is 0 Å². The molecule has 24 heavy (non-hydrogen) atoms. The molecule has 1 aliphatic rings. The minimum Gasteiger partial charge on any atom is -0.346 e. The molecule has 5 heteroatoms. The quantitative estimate of drug-likeness (QED) is 0.850. The van der Waals surface area contributed by atoms with Crippen molar-refractivity contribution in [2.45, 2.75) is 33.1 Å². The Bertz CT molecular complexity index is 562. The second kappa shape index (κ2) is 8.58. The van der Waals surface area contributed by atoms with Crippen LogP contribution in [-0.2, 0) is 11.2 Å². The average molecular weight is 348 g/mol. The lowest BCUT2D eigenvalue weighted by Gasteiger charge is -2.34. The fraction of sp³-hybridized carbons (Fsp3) is 0.579. The van der Waals surface area contributed by atoms with Crippen LogP contribution < -0.4 is 5.32 Å². The lowest BCUT2D eigenvalue weighted by Crippen LogP contribution is -2.52. The molecule has 1 amide bonds. The Balaban J connectivity index is 1.90. The monoisotopic (exact) mass is 347 g/mol. The summed E-state index contributed by atoms with van der Waals surface area (Å²) in [7, 11) is 2.10. The van der Waals surface area contributed by atoms with Crippen LogP contribution in [0.1, 0.15) is 37.8 Å². The molecule has 1 aliphatic heterocycles. The molecule has 4 nitrogen and oxygen atoms in total. The van der Waals surface area contributed by atoms with Gasteiger partial charge < -0.3 is 15.1 Å². The van der Waals surface area contributed by atoms with Gasteiger partial charge in [0.2, 0.25) is 5.91 Å². The number of likely N-dealkylation sites (N-methyl/N-ethyl adjacent to an activating group) is 1. The number of nitrogens with zero attached hydrogens (tertiary/aromatic N) is 2. The molecule has 0 radical (unpaired) electrons. The third-order valence-corrected chi connectivity index (χ3v) is 4.90. The first-order valence-electron chi connectivity index (χ1n) is 8.74. The summed E-state index contributed by atoms with van der Waals surface area (Å²) in [5, 5.41) is 3.46. The molecule has 1 unspecified atom stereocenters. The number of benzene rings is 1. The first-order valence-corrected chi connectivity index (χ1v) is 9.14. The molecular formula is C19H29N3OS. The molecule has 1 aromatic rings. The molecule has 2 rings (SSSR count). The van der Waals surface area contributed by atoms with Crippen molar-refractivity contribution in [2.75, 3.05) is 33.2 Å². The largest absolute Gasteiger partial charge is 0.346 e. The van der Waals surface area contributed by atoms with Crippen molar-refractivity contribution in [2.24, 2.45) is 5.92 Å². The maximum atomic E-state index is 12.5. The Morgan fingerprint density at radius 2 is 1.71 bits per heavy atom. The molecule has 0 aromatic heterocycles. The van der Waals surface area contributed by atoms with E-state index < -0.39 is 0 Å². The maximum absolute atomic E-state index is 12.5. The molecule has 0 bridgehead atoms. The third kappa shape index (κ3) is 5.28. The van der Waals surface area contributed by atoms with E-state index in [-0.39, 0.29) is 11.8 Å². The van der Waals surface area contributed by atoms with Gasteiger partial charge in [-0.05, 0) is 49.7 Å². The third-order valence-electron chi connectivity index (χ3n) is 4.54. The molecule has 1 atom stereocenters. The van der Waals surface area contributed by atoms with E-state index in [1.165, 1.54) is 5.56 Å². The molecule has 0 spiro atoms.